The second kappa shape index (κ2) is 9.46. The molecule has 1 amide bonds. The van der Waals surface area contributed by atoms with E-state index in [0.717, 1.165) is 5.56 Å². The molecule has 0 bridgehead atoms. The molecule has 3 rings (SSSR count). The van der Waals surface area contributed by atoms with Crippen molar-refractivity contribution in [2.24, 2.45) is 0 Å². The highest BCUT2D eigenvalue weighted by atomic mass is 32.2. The van der Waals surface area contributed by atoms with Crippen molar-refractivity contribution in [1.82, 2.24) is 0 Å². The molecular formula is C24H31N3O5SSi. The van der Waals surface area contributed by atoms with Crippen LogP contribution in [0.25, 0.3) is 5.53 Å². The lowest BCUT2D eigenvalue weighted by Gasteiger charge is -2.37. The summed E-state index contributed by atoms with van der Waals surface area (Å²) in [4.78, 5) is 17.8. The first kappa shape index (κ1) is 25.8. The minimum Gasteiger partial charge on any atom is -0.497 e. The van der Waals surface area contributed by atoms with Gasteiger partial charge in [-0.3, -0.25) is 9.69 Å². The molecule has 1 atom stereocenters. The van der Waals surface area contributed by atoms with Gasteiger partial charge < -0.3 is 14.7 Å². The summed E-state index contributed by atoms with van der Waals surface area (Å²) in [6.45, 7) is 10.8. The largest absolute Gasteiger partial charge is 0.497 e. The Balaban J connectivity index is 2.03. The fourth-order valence-electron chi connectivity index (χ4n) is 3.56. The van der Waals surface area contributed by atoms with Crippen molar-refractivity contribution in [2.45, 2.75) is 56.3 Å². The third kappa shape index (κ3) is 4.86. The van der Waals surface area contributed by atoms with Crippen LogP contribution in [0.5, 0.6) is 5.75 Å². The lowest BCUT2D eigenvalue weighted by Crippen LogP contribution is -2.49. The molecule has 0 fully saturated rings. The Morgan fingerprint density at radius 2 is 1.82 bits per heavy atom. The highest BCUT2D eigenvalue weighted by molar-refractivity contribution is 8.08. The molecule has 0 spiro atoms. The Kier molecular flexibility index (Phi) is 7.19. The first-order chi connectivity index (χ1) is 15.8. The topological polar surface area (TPSA) is 109 Å². The Morgan fingerprint density at radius 1 is 1.18 bits per heavy atom. The summed E-state index contributed by atoms with van der Waals surface area (Å²) in [7, 11) is -4.98. The van der Waals surface area contributed by atoms with Crippen LogP contribution in [0.2, 0.25) is 18.1 Å². The van der Waals surface area contributed by atoms with Crippen molar-refractivity contribution in [3.63, 3.8) is 0 Å². The number of benzene rings is 2. The van der Waals surface area contributed by atoms with E-state index < -0.39 is 35.1 Å². The lowest BCUT2D eigenvalue weighted by atomic mass is 10.1. The van der Waals surface area contributed by atoms with Gasteiger partial charge in [0.25, 0.3) is 9.84 Å². The van der Waals surface area contributed by atoms with E-state index in [2.05, 4.69) is 38.7 Å². The number of carbonyl (C=O) groups excluding carboxylic acids is 1. The van der Waals surface area contributed by atoms with E-state index in [0.29, 0.717) is 17.9 Å². The van der Waals surface area contributed by atoms with Crippen LogP contribution in [-0.4, -0.2) is 52.2 Å². The van der Waals surface area contributed by atoms with Crippen molar-refractivity contribution in [3.8, 4) is 5.75 Å². The molecule has 10 heteroatoms. The number of rotatable bonds is 5. The SMILES string of the molecule is COc1ccc2c(c1)N(C(=O)C(=[N+]=[N-])S(=O)(=O)c1ccccc1)C(CO[Si](C)(C)C(C)(C)C)C2. The summed E-state index contributed by atoms with van der Waals surface area (Å²) in [5.74, 6) is -0.391. The van der Waals surface area contributed by atoms with Gasteiger partial charge in [-0.2, -0.15) is 0 Å². The normalized spacial score (nSPS) is 16.1. The Morgan fingerprint density at radius 3 is 2.38 bits per heavy atom. The van der Waals surface area contributed by atoms with E-state index >= 15 is 0 Å². The summed E-state index contributed by atoms with van der Waals surface area (Å²) in [6.07, 6.45) is 0.476. The number of sulfone groups is 1. The highest BCUT2D eigenvalue weighted by Gasteiger charge is 2.47. The van der Waals surface area contributed by atoms with Crippen LogP contribution in [-0.2, 0) is 25.5 Å². The molecule has 0 aliphatic carbocycles. The summed E-state index contributed by atoms with van der Waals surface area (Å²) in [5.41, 5.74) is 11.0. The van der Waals surface area contributed by atoms with Gasteiger partial charge in [0.05, 0.1) is 30.3 Å². The third-order valence-electron chi connectivity index (χ3n) is 6.62. The predicted molar refractivity (Wildman–Crippen MR) is 133 cm³/mol. The van der Waals surface area contributed by atoms with Crippen LogP contribution in [0.3, 0.4) is 0 Å². The summed E-state index contributed by atoms with van der Waals surface area (Å²) >= 11 is 0. The monoisotopic (exact) mass is 501 g/mol. The van der Waals surface area contributed by atoms with Gasteiger partial charge in [0, 0.05) is 6.07 Å². The van der Waals surface area contributed by atoms with Crippen LogP contribution >= 0.6 is 0 Å². The molecule has 1 heterocycles. The van der Waals surface area contributed by atoms with Gasteiger partial charge in [-0.15, -0.1) is 4.79 Å². The number of hydrogen-bond acceptors (Lipinski definition) is 5. The maximum atomic E-state index is 13.7. The quantitative estimate of drug-likeness (QED) is 0.202. The highest BCUT2D eigenvalue weighted by Crippen LogP contribution is 2.39. The molecule has 2 aromatic rings. The van der Waals surface area contributed by atoms with E-state index in [1.807, 2.05) is 6.07 Å². The molecule has 1 aliphatic heterocycles. The molecule has 8 nitrogen and oxygen atoms in total. The van der Waals surface area contributed by atoms with Crippen molar-refractivity contribution < 1.29 is 27.2 Å². The van der Waals surface area contributed by atoms with E-state index in [-0.39, 0.29) is 16.5 Å². The molecule has 1 aliphatic rings. The lowest BCUT2D eigenvalue weighted by molar-refractivity contribution is -0.116. The predicted octanol–water partition coefficient (Wildman–Crippen LogP) is 4.08. The summed E-state index contributed by atoms with van der Waals surface area (Å²) in [6, 6.07) is 12.3. The smallest absolute Gasteiger partial charge is 0.474 e. The zero-order valence-corrected chi connectivity index (χ0v) is 22.2. The molecule has 1 unspecified atom stereocenters. The Bertz CT molecular complexity index is 1230. The standard InChI is InChI=1S/C24H31N3O5SSi/c1-24(2,3)34(5,6)32-16-18-14-17-12-13-19(31-4)15-21(17)27(18)23(28)22(26-25)33(29,30)20-10-8-7-9-11-20/h7-13,15,18H,14,16H2,1-6H3. The van der Waals surface area contributed by atoms with Crippen molar-refractivity contribution in [2.75, 3.05) is 18.6 Å². The van der Waals surface area contributed by atoms with Gasteiger partial charge in [0.1, 0.15) is 5.75 Å². The molecule has 2 aromatic carbocycles. The number of fused-ring (bicyclic) bond motifs is 1. The van der Waals surface area contributed by atoms with Gasteiger partial charge in [-0.25, -0.2) is 8.42 Å². The molecular weight excluding hydrogens is 470 g/mol. The fourth-order valence-corrected chi connectivity index (χ4v) is 5.78. The minimum atomic E-state index is -4.35. The van der Waals surface area contributed by atoms with E-state index in [9.17, 15) is 18.7 Å². The van der Waals surface area contributed by atoms with E-state index in [1.54, 1.807) is 18.2 Å². The minimum absolute atomic E-state index is 0.0368. The van der Waals surface area contributed by atoms with Gasteiger partial charge in [-0.05, 0) is 48.3 Å². The maximum absolute atomic E-state index is 13.7. The molecule has 182 valence electrons. The van der Waals surface area contributed by atoms with Crippen molar-refractivity contribution in [1.29, 1.82) is 0 Å². The Hall–Kier alpha value is -2.78. The number of ether oxygens (including phenoxy) is 1. The van der Waals surface area contributed by atoms with Gasteiger partial charge >= 0.3 is 11.0 Å². The van der Waals surface area contributed by atoms with Crippen LogP contribution < -0.4 is 9.64 Å². The second-order valence-electron chi connectivity index (χ2n) is 9.82. The average Bonchev–Trinajstić information content (AvgIpc) is 3.15. The summed E-state index contributed by atoms with van der Waals surface area (Å²) < 4.78 is 38.0. The number of carbonyl (C=O) groups is 1. The Labute approximate surface area is 202 Å². The van der Waals surface area contributed by atoms with Gasteiger partial charge in [0.2, 0.25) is 0 Å². The molecule has 0 aromatic heterocycles. The number of amides is 1. The first-order valence-corrected chi connectivity index (χ1v) is 15.4. The number of hydrogen-bond donors (Lipinski definition) is 0. The number of anilines is 1. The van der Waals surface area contributed by atoms with Crippen LogP contribution in [0.1, 0.15) is 26.3 Å². The zero-order valence-electron chi connectivity index (χ0n) is 20.4. The number of methoxy groups -OCH3 is 1. The molecule has 0 saturated heterocycles. The number of nitrogens with zero attached hydrogens (tertiary/aromatic N) is 3. The van der Waals surface area contributed by atoms with Crippen molar-refractivity contribution >= 4 is 34.8 Å². The molecule has 0 saturated carbocycles. The molecule has 0 N–H and O–H groups in total. The second-order valence-corrected chi connectivity index (χ2v) is 16.5. The van der Waals surface area contributed by atoms with Crippen LogP contribution in [0.4, 0.5) is 5.69 Å². The maximum Gasteiger partial charge on any atom is 0.474 e. The summed E-state index contributed by atoms with van der Waals surface area (Å²) in [5, 5.41) is -0.975. The van der Waals surface area contributed by atoms with E-state index in [4.69, 9.17) is 9.16 Å². The molecule has 34 heavy (non-hydrogen) atoms. The first-order valence-electron chi connectivity index (χ1n) is 11.0. The average molecular weight is 502 g/mol. The van der Waals surface area contributed by atoms with Gasteiger partial charge in [-0.1, -0.05) is 45.0 Å². The van der Waals surface area contributed by atoms with Crippen molar-refractivity contribution in [3.05, 3.63) is 59.6 Å². The van der Waals surface area contributed by atoms with Crippen LogP contribution in [0.15, 0.2) is 53.4 Å². The fraction of sp³-hybridized carbons (Fsp3) is 0.417. The van der Waals surface area contributed by atoms with Crippen LogP contribution in [0, 0.1) is 0 Å². The molecule has 0 radical (unpaired) electrons. The third-order valence-corrected chi connectivity index (χ3v) is 12.8. The van der Waals surface area contributed by atoms with Gasteiger partial charge in [0.15, 0.2) is 8.32 Å². The zero-order chi connectivity index (χ0) is 25.3. The van der Waals surface area contributed by atoms with E-state index in [1.165, 1.54) is 36.3 Å².